The van der Waals surface area contributed by atoms with E-state index in [2.05, 4.69) is 25.7 Å². The second kappa shape index (κ2) is 6.58. The summed E-state index contributed by atoms with van der Waals surface area (Å²) in [5, 5.41) is 0. The third kappa shape index (κ3) is 4.75. The van der Waals surface area contributed by atoms with Crippen LogP contribution < -0.4 is 5.73 Å². The summed E-state index contributed by atoms with van der Waals surface area (Å²) in [6.07, 6.45) is 11.1. The number of nitrogens with two attached hydrogens (primary N) is 1. The van der Waals surface area contributed by atoms with Gasteiger partial charge in [-0.2, -0.15) is 0 Å². The van der Waals surface area contributed by atoms with Gasteiger partial charge in [-0.3, -0.25) is 0 Å². The van der Waals surface area contributed by atoms with Crippen LogP contribution >= 0.6 is 0 Å². The Hall–Kier alpha value is -0.0800. The van der Waals surface area contributed by atoms with Crippen molar-refractivity contribution in [3.05, 3.63) is 0 Å². The summed E-state index contributed by atoms with van der Waals surface area (Å²) >= 11 is 0. The molecule has 1 aliphatic heterocycles. The lowest BCUT2D eigenvalue weighted by molar-refractivity contribution is 0.0576. The zero-order valence-electron chi connectivity index (χ0n) is 13.3. The number of likely N-dealkylation sites (tertiary alicyclic amines) is 1. The van der Waals surface area contributed by atoms with Gasteiger partial charge in [-0.15, -0.1) is 0 Å². The van der Waals surface area contributed by atoms with Gasteiger partial charge in [0.1, 0.15) is 0 Å². The standard InChI is InChI=1S/C17H34N2/c1-17(2,3)13-15(18)10-12-19-11-6-8-14-7-4-5-9-16(14)19/h14-16H,4-13,18H2,1-3H3. The highest BCUT2D eigenvalue weighted by Gasteiger charge is 2.32. The van der Waals surface area contributed by atoms with Crippen molar-refractivity contribution < 1.29 is 0 Å². The molecule has 112 valence electrons. The van der Waals surface area contributed by atoms with E-state index in [1.165, 1.54) is 58.0 Å². The Kier molecular flexibility index (Phi) is 5.30. The normalized spacial score (nSPS) is 30.9. The van der Waals surface area contributed by atoms with Crippen LogP contribution in [0.1, 0.15) is 72.1 Å². The second-order valence-electron chi connectivity index (χ2n) is 8.10. The van der Waals surface area contributed by atoms with Gasteiger partial charge in [-0.1, -0.05) is 33.6 Å². The fourth-order valence-corrected chi connectivity index (χ4v) is 4.23. The first kappa shape index (κ1) is 15.3. The molecule has 2 N–H and O–H groups in total. The van der Waals surface area contributed by atoms with Crippen LogP contribution in [0.3, 0.4) is 0 Å². The first-order valence-corrected chi connectivity index (χ1v) is 8.45. The van der Waals surface area contributed by atoms with Crippen LogP contribution in [0.5, 0.6) is 0 Å². The third-order valence-corrected chi connectivity index (χ3v) is 5.02. The summed E-state index contributed by atoms with van der Waals surface area (Å²) in [5.41, 5.74) is 6.69. The van der Waals surface area contributed by atoms with Crippen molar-refractivity contribution in [2.24, 2.45) is 17.1 Å². The van der Waals surface area contributed by atoms with Crippen molar-refractivity contribution in [1.29, 1.82) is 0 Å². The summed E-state index contributed by atoms with van der Waals surface area (Å²) in [6.45, 7) is 9.45. The smallest absolute Gasteiger partial charge is 0.0123 e. The molecule has 0 radical (unpaired) electrons. The van der Waals surface area contributed by atoms with Gasteiger partial charge >= 0.3 is 0 Å². The summed E-state index contributed by atoms with van der Waals surface area (Å²) in [5.74, 6) is 1.00. The molecule has 2 heteroatoms. The molecule has 1 saturated heterocycles. The molecule has 0 amide bonds. The van der Waals surface area contributed by atoms with E-state index in [1.54, 1.807) is 0 Å². The summed E-state index contributed by atoms with van der Waals surface area (Å²) in [6, 6.07) is 1.27. The molecule has 19 heavy (non-hydrogen) atoms. The monoisotopic (exact) mass is 266 g/mol. The maximum atomic E-state index is 6.32. The molecule has 3 atom stereocenters. The van der Waals surface area contributed by atoms with E-state index >= 15 is 0 Å². The molecule has 0 aromatic rings. The Bertz CT molecular complexity index is 267. The topological polar surface area (TPSA) is 29.3 Å². The minimum absolute atomic E-state index is 0.370. The van der Waals surface area contributed by atoms with Crippen LogP contribution in [-0.2, 0) is 0 Å². The molecule has 3 unspecified atom stereocenters. The van der Waals surface area contributed by atoms with Crippen LogP contribution in [0.15, 0.2) is 0 Å². The predicted octanol–water partition coefficient (Wildman–Crippen LogP) is 3.79. The lowest BCUT2D eigenvalue weighted by Crippen LogP contribution is -2.48. The number of rotatable bonds is 4. The van der Waals surface area contributed by atoms with Gasteiger partial charge in [0.05, 0.1) is 0 Å². The lowest BCUT2D eigenvalue weighted by Gasteiger charge is -2.44. The summed E-state index contributed by atoms with van der Waals surface area (Å²) in [7, 11) is 0. The summed E-state index contributed by atoms with van der Waals surface area (Å²) < 4.78 is 0. The Labute approximate surface area is 120 Å². The molecule has 1 aliphatic carbocycles. The van der Waals surface area contributed by atoms with Gasteiger partial charge in [0, 0.05) is 12.1 Å². The second-order valence-corrected chi connectivity index (χ2v) is 8.10. The highest BCUT2D eigenvalue weighted by atomic mass is 15.2. The molecule has 0 bridgehead atoms. The number of hydrogen-bond acceptors (Lipinski definition) is 2. The van der Waals surface area contributed by atoms with Crippen LogP contribution in [0.2, 0.25) is 0 Å². The van der Waals surface area contributed by atoms with Crippen molar-refractivity contribution in [2.75, 3.05) is 13.1 Å². The van der Waals surface area contributed by atoms with E-state index in [4.69, 9.17) is 5.73 Å². The fourth-order valence-electron chi connectivity index (χ4n) is 4.23. The van der Waals surface area contributed by atoms with Crippen molar-refractivity contribution in [3.8, 4) is 0 Å². The maximum Gasteiger partial charge on any atom is 0.0123 e. The van der Waals surface area contributed by atoms with Crippen LogP contribution in [0, 0.1) is 11.3 Å². The van der Waals surface area contributed by atoms with E-state index in [0.717, 1.165) is 18.4 Å². The van der Waals surface area contributed by atoms with Crippen molar-refractivity contribution in [3.63, 3.8) is 0 Å². The minimum Gasteiger partial charge on any atom is -0.328 e. The molecule has 1 heterocycles. The Morgan fingerprint density at radius 1 is 1.11 bits per heavy atom. The minimum atomic E-state index is 0.370. The molecule has 0 aromatic heterocycles. The zero-order valence-corrected chi connectivity index (χ0v) is 13.3. The number of piperidine rings is 1. The summed E-state index contributed by atoms with van der Waals surface area (Å²) in [4.78, 5) is 2.77. The van der Waals surface area contributed by atoms with Gasteiger partial charge in [0.2, 0.25) is 0 Å². The molecule has 2 aliphatic rings. The molecule has 1 saturated carbocycles. The quantitative estimate of drug-likeness (QED) is 0.838. The van der Waals surface area contributed by atoms with E-state index < -0.39 is 0 Å². The molecule has 2 fully saturated rings. The number of nitrogens with zero attached hydrogens (tertiary/aromatic N) is 1. The molecule has 2 nitrogen and oxygen atoms in total. The van der Waals surface area contributed by atoms with E-state index in [9.17, 15) is 0 Å². The Balaban J connectivity index is 1.78. The Morgan fingerprint density at radius 2 is 1.79 bits per heavy atom. The average molecular weight is 266 g/mol. The maximum absolute atomic E-state index is 6.32. The predicted molar refractivity (Wildman–Crippen MR) is 83.2 cm³/mol. The van der Waals surface area contributed by atoms with Crippen molar-refractivity contribution in [1.82, 2.24) is 4.90 Å². The van der Waals surface area contributed by atoms with E-state index in [0.29, 0.717) is 11.5 Å². The highest BCUT2D eigenvalue weighted by molar-refractivity contribution is 4.87. The first-order chi connectivity index (χ1) is 8.96. The van der Waals surface area contributed by atoms with Gasteiger partial charge < -0.3 is 10.6 Å². The lowest BCUT2D eigenvalue weighted by atomic mass is 9.78. The van der Waals surface area contributed by atoms with Gasteiger partial charge in [-0.25, -0.2) is 0 Å². The first-order valence-electron chi connectivity index (χ1n) is 8.45. The van der Waals surface area contributed by atoms with Gasteiger partial charge in [0.25, 0.3) is 0 Å². The largest absolute Gasteiger partial charge is 0.328 e. The van der Waals surface area contributed by atoms with E-state index in [1.807, 2.05) is 0 Å². The SMILES string of the molecule is CC(C)(C)CC(N)CCN1CCCC2CCCCC21. The molecule has 0 spiro atoms. The average Bonchev–Trinajstić information content (AvgIpc) is 2.34. The fraction of sp³-hybridized carbons (Fsp3) is 1.00. The molecular weight excluding hydrogens is 232 g/mol. The number of fused-ring (bicyclic) bond motifs is 1. The zero-order chi connectivity index (χ0) is 13.9. The van der Waals surface area contributed by atoms with Crippen LogP contribution in [0.25, 0.3) is 0 Å². The van der Waals surface area contributed by atoms with Crippen molar-refractivity contribution in [2.45, 2.75) is 84.2 Å². The van der Waals surface area contributed by atoms with Gasteiger partial charge in [-0.05, 0) is 62.9 Å². The van der Waals surface area contributed by atoms with Gasteiger partial charge in [0.15, 0.2) is 0 Å². The molecule has 0 aromatic carbocycles. The number of hydrogen-bond donors (Lipinski definition) is 1. The third-order valence-electron chi connectivity index (χ3n) is 5.02. The molecule has 2 rings (SSSR count). The molecular formula is C17H34N2. The van der Waals surface area contributed by atoms with Crippen LogP contribution in [-0.4, -0.2) is 30.1 Å². The van der Waals surface area contributed by atoms with Crippen LogP contribution in [0.4, 0.5) is 0 Å². The Morgan fingerprint density at radius 3 is 2.53 bits per heavy atom. The van der Waals surface area contributed by atoms with E-state index in [-0.39, 0.29) is 0 Å². The highest BCUT2D eigenvalue weighted by Crippen LogP contribution is 2.35. The van der Waals surface area contributed by atoms with Crippen molar-refractivity contribution >= 4 is 0 Å².